The van der Waals surface area contributed by atoms with Gasteiger partial charge in [0.1, 0.15) is 0 Å². The van der Waals surface area contributed by atoms with Crippen molar-refractivity contribution in [2.75, 3.05) is 17.6 Å². The van der Waals surface area contributed by atoms with Crippen LogP contribution in [0.3, 0.4) is 0 Å². The minimum absolute atomic E-state index is 0.708. The van der Waals surface area contributed by atoms with Crippen LogP contribution in [0.4, 0.5) is 5.69 Å². The molecule has 3 heteroatoms. The average Bonchev–Trinajstić information content (AvgIpc) is 2.93. The highest BCUT2D eigenvalue weighted by molar-refractivity contribution is 7.99. The fraction of sp³-hybridized carbons (Fsp3) is 0.647. The summed E-state index contributed by atoms with van der Waals surface area (Å²) in [7, 11) is 0. The van der Waals surface area contributed by atoms with E-state index in [4.69, 9.17) is 0 Å². The summed E-state index contributed by atoms with van der Waals surface area (Å²) < 4.78 is 0. The Labute approximate surface area is 127 Å². The quantitative estimate of drug-likeness (QED) is 0.862. The van der Waals surface area contributed by atoms with Crippen LogP contribution in [0.5, 0.6) is 0 Å². The largest absolute Gasteiger partial charge is 0.385 e. The Kier molecular flexibility index (Phi) is 4.90. The second-order valence-corrected chi connectivity index (χ2v) is 7.41. The maximum Gasteiger partial charge on any atom is 0.0418 e. The zero-order chi connectivity index (χ0) is 13.8. The molecule has 0 bridgehead atoms. The van der Waals surface area contributed by atoms with Crippen molar-refractivity contribution in [3.05, 3.63) is 29.3 Å². The van der Waals surface area contributed by atoms with Gasteiger partial charge >= 0.3 is 0 Å². The van der Waals surface area contributed by atoms with Gasteiger partial charge in [-0.2, -0.15) is 11.8 Å². The lowest BCUT2D eigenvalue weighted by molar-refractivity contribution is 0.532. The molecule has 0 amide bonds. The van der Waals surface area contributed by atoms with E-state index in [0.717, 1.165) is 18.3 Å². The molecule has 1 aliphatic heterocycles. The van der Waals surface area contributed by atoms with E-state index >= 15 is 0 Å². The number of hydrogen-bond acceptors (Lipinski definition) is 3. The summed E-state index contributed by atoms with van der Waals surface area (Å²) >= 11 is 2.13. The fourth-order valence-electron chi connectivity index (χ4n) is 3.54. The van der Waals surface area contributed by atoms with Crippen molar-refractivity contribution < 1.29 is 0 Å². The number of aryl methyl sites for hydroxylation is 1. The zero-order valence-electron chi connectivity index (χ0n) is 12.5. The van der Waals surface area contributed by atoms with Crippen molar-refractivity contribution >= 4 is 17.4 Å². The van der Waals surface area contributed by atoms with E-state index in [9.17, 15) is 0 Å². The Bertz CT molecular complexity index is 447. The third-order valence-corrected chi connectivity index (χ3v) is 5.88. The Morgan fingerprint density at radius 3 is 3.15 bits per heavy atom. The molecule has 1 fully saturated rings. The van der Waals surface area contributed by atoms with E-state index in [2.05, 4.69) is 47.5 Å². The van der Waals surface area contributed by atoms with Crippen LogP contribution < -0.4 is 10.6 Å². The molecule has 2 nitrogen and oxygen atoms in total. The van der Waals surface area contributed by atoms with Gasteiger partial charge < -0.3 is 10.6 Å². The number of fused-ring (bicyclic) bond motifs is 1. The van der Waals surface area contributed by atoms with Crippen molar-refractivity contribution in [3.63, 3.8) is 0 Å². The molecular weight excluding hydrogens is 264 g/mol. The molecule has 2 aliphatic rings. The first kappa shape index (κ1) is 14.3. The molecule has 1 saturated carbocycles. The lowest BCUT2D eigenvalue weighted by Gasteiger charge is -2.24. The minimum Gasteiger partial charge on any atom is -0.385 e. The highest BCUT2D eigenvalue weighted by Crippen LogP contribution is 2.31. The Balaban J connectivity index is 1.63. The SMILES string of the molecule is CCSC1CCCC1NCc1cccc2c1NCCC2. The van der Waals surface area contributed by atoms with Gasteiger partial charge in [-0.15, -0.1) is 0 Å². The van der Waals surface area contributed by atoms with E-state index in [1.807, 2.05) is 0 Å². The molecule has 2 atom stereocenters. The molecular formula is C17H26N2S. The van der Waals surface area contributed by atoms with Crippen LogP contribution in [-0.4, -0.2) is 23.6 Å². The molecule has 20 heavy (non-hydrogen) atoms. The first-order valence-electron chi connectivity index (χ1n) is 8.08. The third-order valence-electron chi connectivity index (χ3n) is 4.55. The molecule has 0 aromatic heterocycles. The van der Waals surface area contributed by atoms with Gasteiger partial charge in [-0.25, -0.2) is 0 Å². The molecule has 0 spiro atoms. The molecule has 1 aliphatic carbocycles. The van der Waals surface area contributed by atoms with Crippen LogP contribution in [0.2, 0.25) is 0 Å². The molecule has 1 heterocycles. The number of thioether (sulfide) groups is 1. The predicted octanol–water partition coefficient (Wildman–Crippen LogP) is 3.81. The lowest BCUT2D eigenvalue weighted by atomic mass is 9.99. The van der Waals surface area contributed by atoms with E-state index in [1.165, 1.54) is 54.7 Å². The van der Waals surface area contributed by atoms with Gasteiger partial charge in [0.2, 0.25) is 0 Å². The summed E-state index contributed by atoms with van der Waals surface area (Å²) in [5.74, 6) is 1.24. The molecule has 1 aromatic rings. The number of benzene rings is 1. The first-order valence-corrected chi connectivity index (χ1v) is 9.13. The Hall–Kier alpha value is -0.670. The number of nitrogens with one attached hydrogen (secondary N) is 2. The van der Waals surface area contributed by atoms with Crippen molar-refractivity contribution in [1.82, 2.24) is 5.32 Å². The van der Waals surface area contributed by atoms with Crippen LogP contribution in [0.25, 0.3) is 0 Å². The van der Waals surface area contributed by atoms with Crippen LogP contribution in [-0.2, 0) is 13.0 Å². The van der Waals surface area contributed by atoms with E-state index in [1.54, 1.807) is 0 Å². The van der Waals surface area contributed by atoms with Crippen LogP contribution >= 0.6 is 11.8 Å². The Morgan fingerprint density at radius 2 is 2.25 bits per heavy atom. The summed E-state index contributed by atoms with van der Waals surface area (Å²) in [6.07, 6.45) is 6.62. The standard InChI is InChI=1S/C17H26N2S/c1-2-20-16-10-4-9-15(16)19-12-14-7-3-6-13-8-5-11-18-17(13)14/h3,6-7,15-16,18-19H,2,4-5,8-12H2,1H3. The van der Waals surface area contributed by atoms with Crippen molar-refractivity contribution in [3.8, 4) is 0 Å². The van der Waals surface area contributed by atoms with E-state index < -0.39 is 0 Å². The monoisotopic (exact) mass is 290 g/mol. The minimum atomic E-state index is 0.708. The van der Waals surface area contributed by atoms with Gasteiger partial charge in [0.05, 0.1) is 0 Å². The summed E-state index contributed by atoms with van der Waals surface area (Å²) in [6, 6.07) is 7.48. The summed E-state index contributed by atoms with van der Waals surface area (Å²) in [5.41, 5.74) is 4.36. The highest BCUT2D eigenvalue weighted by Gasteiger charge is 2.26. The number of para-hydroxylation sites is 1. The second-order valence-electron chi connectivity index (χ2n) is 5.89. The molecule has 3 rings (SSSR count). The second kappa shape index (κ2) is 6.86. The van der Waals surface area contributed by atoms with Crippen LogP contribution in [0.15, 0.2) is 18.2 Å². The summed E-state index contributed by atoms with van der Waals surface area (Å²) in [6.45, 7) is 4.42. The first-order chi connectivity index (χ1) is 9.88. The number of rotatable bonds is 5. The fourth-order valence-corrected chi connectivity index (χ4v) is 4.77. The van der Waals surface area contributed by atoms with Gasteiger partial charge in [0.15, 0.2) is 0 Å². The molecule has 0 radical (unpaired) electrons. The molecule has 2 unspecified atom stereocenters. The van der Waals surface area contributed by atoms with Crippen LogP contribution in [0, 0.1) is 0 Å². The van der Waals surface area contributed by atoms with Gasteiger partial charge in [0, 0.05) is 30.1 Å². The van der Waals surface area contributed by atoms with E-state index in [-0.39, 0.29) is 0 Å². The average molecular weight is 290 g/mol. The van der Waals surface area contributed by atoms with Gasteiger partial charge in [-0.3, -0.25) is 0 Å². The smallest absolute Gasteiger partial charge is 0.0418 e. The van der Waals surface area contributed by atoms with Crippen LogP contribution in [0.1, 0.15) is 43.7 Å². The Morgan fingerprint density at radius 1 is 1.30 bits per heavy atom. The highest BCUT2D eigenvalue weighted by atomic mass is 32.2. The molecule has 2 N–H and O–H groups in total. The van der Waals surface area contributed by atoms with Gasteiger partial charge in [-0.05, 0) is 42.6 Å². The third kappa shape index (κ3) is 3.15. The van der Waals surface area contributed by atoms with Gasteiger partial charge in [-0.1, -0.05) is 31.5 Å². The summed E-state index contributed by atoms with van der Waals surface area (Å²) in [5, 5.41) is 8.25. The normalized spacial score (nSPS) is 25.2. The lowest BCUT2D eigenvalue weighted by Crippen LogP contribution is -2.34. The van der Waals surface area contributed by atoms with Gasteiger partial charge in [0.25, 0.3) is 0 Å². The number of anilines is 1. The van der Waals surface area contributed by atoms with Crippen molar-refractivity contribution in [1.29, 1.82) is 0 Å². The maximum atomic E-state index is 3.82. The number of hydrogen-bond donors (Lipinski definition) is 2. The van der Waals surface area contributed by atoms with Crippen molar-refractivity contribution in [2.45, 2.75) is 56.9 Å². The topological polar surface area (TPSA) is 24.1 Å². The summed E-state index contributed by atoms with van der Waals surface area (Å²) in [4.78, 5) is 0. The van der Waals surface area contributed by atoms with E-state index in [0.29, 0.717) is 6.04 Å². The van der Waals surface area contributed by atoms with Crippen molar-refractivity contribution in [2.24, 2.45) is 0 Å². The predicted molar refractivity (Wildman–Crippen MR) is 89.7 cm³/mol. The maximum absolute atomic E-state index is 3.82. The molecule has 110 valence electrons. The molecule has 0 saturated heterocycles. The molecule has 1 aromatic carbocycles. The zero-order valence-corrected chi connectivity index (χ0v) is 13.3.